The minimum atomic E-state index is -0.509. The standard InChI is InChI=1S/C34H24Cl2N2O3/c35-28-11-10-26(33(36)19-28)22-41-31-16-12-29(13-17-31)38-34(39)27(20-37)18-23-8-14-30(15-9-23)40-21-25-6-3-5-24-4-1-2-7-32(24)25/h1-19H,21-22H2,(H,38,39)/b27-18+. The first kappa shape index (κ1) is 27.8. The van der Waals surface area contributed by atoms with Gasteiger partial charge in [0.1, 0.15) is 36.4 Å². The maximum absolute atomic E-state index is 12.8. The fraction of sp³-hybridized carbons (Fsp3) is 0.0588. The number of hydrogen-bond donors (Lipinski definition) is 1. The van der Waals surface area contributed by atoms with E-state index in [2.05, 4.69) is 29.6 Å². The summed E-state index contributed by atoms with van der Waals surface area (Å²) >= 11 is 12.1. The van der Waals surface area contributed by atoms with Gasteiger partial charge in [-0.05, 0) is 76.5 Å². The molecule has 1 N–H and O–H groups in total. The number of fused-ring (bicyclic) bond motifs is 1. The van der Waals surface area contributed by atoms with Crippen molar-refractivity contribution in [2.24, 2.45) is 0 Å². The number of anilines is 1. The molecular formula is C34H24Cl2N2O3. The van der Waals surface area contributed by atoms with Crippen molar-refractivity contribution < 1.29 is 14.3 Å². The van der Waals surface area contributed by atoms with Gasteiger partial charge in [-0.25, -0.2) is 0 Å². The molecule has 0 spiro atoms. The van der Waals surface area contributed by atoms with Crippen LogP contribution in [0.5, 0.6) is 11.5 Å². The van der Waals surface area contributed by atoms with E-state index in [1.807, 2.05) is 54.6 Å². The summed E-state index contributed by atoms with van der Waals surface area (Å²) in [6.45, 7) is 0.705. The number of nitriles is 1. The maximum atomic E-state index is 12.8. The van der Waals surface area contributed by atoms with Crippen LogP contribution in [0.4, 0.5) is 5.69 Å². The molecule has 41 heavy (non-hydrogen) atoms. The van der Waals surface area contributed by atoms with Crippen LogP contribution in [-0.2, 0) is 18.0 Å². The summed E-state index contributed by atoms with van der Waals surface area (Å²) in [4.78, 5) is 12.8. The number of carbonyl (C=O) groups excluding carboxylic acids is 1. The van der Waals surface area contributed by atoms with Crippen molar-refractivity contribution in [1.29, 1.82) is 5.26 Å². The van der Waals surface area contributed by atoms with Crippen LogP contribution in [0.2, 0.25) is 10.0 Å². The first-order valence-electron chi connectivity index (χ1n) is 12.8. The van der Waals surface area contributed by atoms with Crippen LogP contribution in [0.3, 0.4) is 0 Å². The number of amides is 1. The first-order valence-corrected chi connectivity index (χ1v) is 13.5. The van der Waals surface area contributed by atoms with E-state index in [0.717, 1.165) is 16.5 Å². The van der Waals surface area contributed by atoms with E-state index in [4.69, 9.17) is 32.7 Å². The number of nitrogens with zero attached hydrogens (tertiary/aromatic N) is 1. The number of rotatable bonds is 9. The molecule has 0 aliphatic carbocycles. The van der Waals surface area contributed by atoms with Gasteiger partial charge in [0.25, 0.3) is 5.91 Å². The molecule has 202 valence electrons. The zero-order chi connectivity index (χ0) is 28.6. The Labute approximate surface area is 248 Å². The minimum Gasteiger partial charge on any atom is -0.489 e. The summed E-state index contributed by atoms with van der Waals surface area (Å²) < 4.78 is 11.8. The van der Waals surface area contributed by atoms with Crippen molar-refractivity contribution in [1.82, 2.24) is 0 Å². The molecule has 5 aromatic carbocycles. The van der Waals surface area contributed by atoms with Gasteiger partial charge in [0, 0.05) is 21.3 Å². The number of nitrogens with one attached hydrogen (secondary N) is 1. The van der Waals surface area contributed by atoms with E-state index in [-0.39, 0.29) is 12.2 Å². The molecule has 0 aliphatic heterocycles. The third-order valence-corrected chi connectivity index (χ3v) is 6.94. The van der Waals surface area contributed by atoms with Gasteiger partial charge in [-0.15, -0.1) is 0 Å². The smallest absolute Gasteiger partial charge is 0.266 e. The molecule has 5 aromatic rings. The van der Waals surface area contributed by atoms with E-state index >= 15 is 0 Å². The van der Waals surface area contributed by atoms with Gasteiger partial charge in [0.2, 0.25) is 0 Å². The Balaban J connectivity index is 1.17. The van der Waals surface area contributed by atoms with Crippen LogP contribution in [0.15, 0.2) is 115 Å². The SMILES string of the molecule is N#C/C(=C\c1ccc(OCc2cccc3ccccc23)cc1)C(=O)Nc1ccc(OCc2ccc(Cl)cc2Cl)cc1. The zero-order valence-electron chi connectivity index (χ0n) is 21.8. The maximum Gasteiger partial charge on any atom is 0.266 e. The second-order valence-electron chi connectivity index (χ2n) is 9.17. The van der Waals surface area contributed by atoms with Gasteiger partial charge in [-0.2, -0.15) is 5.26 Å². The monoisotopic (exact) mass is 578 g/mol. The number of hydrogen-bond acceptors (Lipinski definition) is 4. The summed E-state index contributed by atoms with van der Waals surface area (Å²) in [5, 5.41) is 15.8. The predicted molar refractivity (Wildman–Crippen MR) is 164 cm³/mol. The molecule has 0 aromatic heterocycles. The second-order valence-corrected chi connectivity index (χ2v) is 10.0. The molecule has 0 atom stereocenters. The largest absolute Gasteiger partial charge is 0.489 e. The van der Waals surface area contributed by atoms with Gasteiger partial charge >= 0.3 is 0 Å². The van der Waals surface area contributed by atoms with E-state index < -0.39 is 5.91 Å². The van der Waals surface area contributed by atoms with Gasteiger partial charge in [-0.3, -0.25) is 4.79 Å². The molecule has 0 saturated carbocycles. The summed E-state index contributed by atoms with van der Waals surface area (Å²) in [6.07, 6.45) is 1.54. The van der Waals surface area contributed by atoms with Crippen molar-refractivity contribution in [2.45, 2.75) is 13.2 Å². The van der Waals surface area contributed by atoms with Crippen LogP contribution in [0.25, 0.3) is 16.8 Å². The molecule has 0 bridgehead atoms. The highest BCUT2D eigenvalue weighted by atomic mass is 35.5. The molecule has 0 saturated heterocycles. The third kappa shape index (κ3) is 7.26. The number of halogens is 2. The van der Waals surface area contributed by atoms with Crippen LogP contribution in [-0.4, -0.2) is 5.91 Å². The molecule has 0 fully saturated rings. The van der Waals surface area contributed by atoms with Gasteiger partial charge in [0.15, 0.2) is 0 Å². The highest BCUT2D eigenvalue weighted by Crippen LogP contribution is 2.24. The molecular weight excluding hydrogens is 555 g/mol. The average Bonchev–Trinajstić information content (AvgIpc) is 2.99. The number of ether oxygens (including phenoxy) is 2. The number of carbonyl (C=O) groups is 1. The molecule has 0 radical (unpaired) electrons. The molecule has 0 unspecified atom stereocenters. The van der Waals surface area contributed by atoms with E-state index in [1.54, 1.807) is 36.4 Å². The predicted octanol–water partition coefficient (Wildman–Crippen LogP) is 8.85. The lowest BCUT2D eigenvalue weighted by atomic mass is 10.1. The quantitative estimate of drug-likeness (QED) is 0.140. The topological polar surface area (TPSA) is 71.3 Å². The van der Waals surface area contributed by atoms with E-state index in [9.17, 15) is 10.1 Å². The average molecular weight is 579 g/mol. The van der Waals surface area contributed by atoms with Crippen molar-refractivity contribution in [2.75, 3.05) is 5.32 Å². The Kier molecular flexibility index (Phi) is 8.85. The summed E-state index contributed by atoms with van der Waals surface area (Å²) in [7, 11) is 0. The normalized spacial score (nSPS) is 11.1. The summed E-state index contributed by atoms with van der Waals surface area (Å²) in [5.74, 6) is 0.789. The van der Waals surface area contributed by atoms with Crippen LogP contribution >= 0.6 is 23.2 Å². The fourth-order valence-electron chi connectivity index (χ4n) is 4.19. The minimum absolute atomic E-state index is 0.0212. The van der Waals surface area contributed by atoms with Crippen LogP contribution < -0.4 is 14.8 Å². The zero-order valence-corrected chi connectivity index (χ0v) is 23.3. The van der Waals surface area contributed by atoms with Crippen LogP contribution in [0, 0.1) is 11.3 Å². The van der Waals surface area contributed by atoms with Crippen molar-refractivity contribution >= 4 is 51.6 Å². The van der Waals surface area contributed by atoms with Gasteiger partial charge in [0.05, 0.1) is 0 Å². The number of benzene rings is 5. The Morgan fingerprint density at radius 1 is 0.780 bits per heavy atom. The van der Waals surface area contributed by atoms with Gasteiger partial charge in [-0.1, -0.05) is 83.9 Å². The molecule has 7 heteroatoms. The Hall–Kier alpha value is -4.76. The second kappa shape index (κ2) is 13.1. The van der Waals surface area contributed by atoms with E-state index in [0.29, 0.717) is 39.4 Å². The van der Waals surface area contributed by atoms with E-state index in [1.165, 1.54) is 11.5 Å². The van der Waals surface area contributed by atoms with Crippen molar-refractivity contribution in [3.05, 3.63) is 142 Å². The Bertz CT molecular complexity index is 1750. The molecule has 1 amide bonds. The highest BCUT2D eigenvalue weighted by molar-refractivity contribution is 6.35. The summed E-state index contributed by atoms with van der Waals surface area (Å²) in [6, 6.07) is 35.6. The summed E-state index contributed by atoms with van der Waals surface area (Å²) in [5.41, 5.74) is 3.12. The lowest BCUT2D eigenvalue weighted by Gasteiger charge is -2.10. The molecule has 5 rings (SSSR count). The van der Waals surface area contributed by atoms with Gasteiger partial charge < -0.3 is 14.8 Å². The first-order chi connectivity index (χ1) is 20.0. The fourth-order valence-corrected chi connectivity index (χ4v) is 4.65. The molecule has 0 heterocycles. The molecule has 5 nitrogen and oxygen atoms in total. The third-order valence-electron chi connectivity index (χ3n) is 6.35. The van der Waals surface area contributed by atoms with Crippen molar-refractivity contribution in [3.63, 3.8) is 0 Å². The Morgan fingerprint density at radius 2 is 1.44 bits per heavy atom. The lowest BCUT2D eigenvalue weighted by Crippen LogP contribution is -2.13. The van der Waals surface area contributed by atoms with Crippen molar-refractivity contribution in [3.8, 4) is 17.6 Å². The lowest BCUT2D eigenvalue weighted by molar-refractivity contribution is -0.112. The molecule has 0 aliphatic rings. The van der Waals surface area contributed by atoms with Crippen LogP contribution in [0.1, 0.15) is 16.7 Å². The Morgan fingerprint density at radius 3 is 2.15 bits per heavy atom. The highest BCUT2D eigenvalue weighted by Gasteiger charge is 2.10.